The van der Waals surface area contributed by atoms with Crippen LogP contribution in [0, 0.1) is 0 Å². The van der Waals surface area contributed by atoms with Gasteiger partial charge in [0.25, 0.3) is 0 Å². The zero-order valence-corrected chi connectivity index (χ0v) is 10.8. The molecular formula is C9H9BrN2S2. The van der Waals surface area contributed by atoms with Crippen molar-refractivity contribution in [2.45, 2.75) is 10.6 Å². The van der Waals surface area contributed by atoms with Gasteiger partial charge in [-0.15, -0.1) is 23.1 Å². The van der Waals surface area contributed by atoms with Crippen molar-refractivity contribution in [2.24, 2.45) is 7.05 Å². The number of rotatable bonds is 3. The summed E-state index contributed by atoms with van der Waals surface area (Å²) in [4.78, 5) is 2.60. The van der Waals surface area contributed by atoms with E-state index in [2.05, 4.69) is 33.2 Å². The van der Waals surface area contributed by atoms with Gasteiger partial charge in [0.1, 0.15) is 0 Å². The highest BCUT2D eigenvalue weighted by Gasteiger charge is 2.00. The Balaban J connectivity index is 1.94. The van der Waals surface area contributed by atoms with Gasteiger partial charge in [-0.1, -0.05) is 0 Å². The van der Waals surface area contributed by atoms with Gasteiger partial charge in [0.15, 0.2) is 0 Å². The summed E-state index contributed by atoms with van der Waals surface area (Å²) in [7, 11) is 1.94. The molecule has 0 aliphatic carbocycles. The summed E-state index contributed by atoms with van der Waals surface area (Å²) in [6.45, 7) is 0. The highest BCUT2D eigenvalue weighted by Crippen LogP contribution is 2.28. The lowest BCUT2D eigenvalue weighted by Gasteiger charge is -1.93. The number of halogens is 1. The molecule has 2 heterocycles. The number of hydrogen-bond donors (Lipinski definition) is 0. The lowest BCUT2D eigenvalue weighted by Crippen LogP contribution is -1.83. The summed E-state index contributed by atoms with van der Waals surface area (Å²) in [5, 5.41) is 4.12. The number of aryl methyl sites for hydroxylation is 1. The predicted octanol–water partition coefficient (Wildman–Crippen LogP) is 3.54. The van der Waals surface area contributed by atoms with Crippen molar-refractivity contribution < 1.29 is 0 Å². The molecule has 0 aliphatic heterocycles. The first kappa shape index (κ1) is 10.3. The normalized spacial score (nSPS) is 10.7. The van der Waals surface area contributed by atoms with Gasteiger partial charge in [0.05, 0.1) is 9.98 Å². The standard InChI is InChI=1S/C9H9BrN2S2/c1-12-5-8(4-11-12)13-6-7-2-3-9(10)14-7/h2-5H,6H2,1H3. The van der Waals surface area contributed by atoms with Gasteiger partial charge in [-0.05, 0) is 28.1 Å². The minimum atomic E-state index is 1.02. The van der Waals surface area contributed by atoms with Crippen LogP contribution in [0.15, 0.2) is 33.2 Å². The van der Waals surface area contributed by atoms with E-state index in [4.69, 9.17) is 0 Å². The minimum absolute atomic E-state index is 1.02. The molecule has 0 fully saturated rings. The van der Waals surface area contributed by atoms with E-state index < -0.39 is 0 Å². The van der Waals surface area contributed by atoms with Crippen LogP contribution in [-0.4, -0.2) is 9.78 Å². The summed E-state index contributed by atoms with van der Waals surface area (Å²) in [5.74, 6) is 1.02. The molecule has 0 saturated carbocycles. The van der Waals surface area contributed by atoms with E-state index in [0.29, 0.717) is 0 Å². The van der Waals surface area contributed by atoms with Gasteiger partial charge in [-0.2, -0.15) is 5.10 Å². The van der Waals surface area contributed by atoms with E-state index in [1.165, 1.54) is 13.6 Å². The van der Waals surface area contributed by atoms with Crippen LogP contribution in [0.25, 0.3) is 0 Å². The first-order valence-corrected chi connectivity index (χ1v) is 6.69. The summed E-state index contributed by atoms with van der Waals surface area (Å²) in [6.07, 6.45) is 3.93. The maximum absolute atomic E-state index is 4.12. The van der Waals surface area contributed by atoms with Crippen LogP contribution in [0.3, 0.4) is 0 Å². The van der Waals surface area contributed by atoms with Gasteiger partial charge >= 0.3 is 0 Å². The Bertz CT molecular complexity index is 382. The number of thiophene rings is 1. The molecule has 2 nitrogen and oxygen atoms in total. The minimum Gasteiger partial charge on any atom is -0.275 e. The van der Waals surface area contributed by atoms with Gasteiger partial charge in [-0.3, -0.25) is 4.68 Å². The third kappa shape index (κ3) is 2.62. The largest absolute Gasteiger partial charge is 0.275 e. The molecule has 0 spiro atoms. The molecule has 74 valence electrons. The molecule has 0 bridgehead atoms. The molecule has 0 N–H and O–H groups in total. The molecule has 5 heteroatoms. The molecule has 0 radical (unpaired) electrons. The van der Waals surface area contributed by atoms with Crippen molar-refractivity contribution in [3.63, 3.8) is 0 Å². The lowest BCUT2D eigenvalue weighted by atomic mass is 10.5. The zero-order chi connectivity index (χ0) is 9.97. The van der Waals surface area contributed by atoms with Crippen LogP contribution < -0.4 is 0 Å². The van der Waals surface area contributed by atoms with E-state index in [9.17, 15) is 0 Å². The van der Waals surface area contributed by atoms with Crippen molar-refractivity contribution in [2.75, 3.05) is 0 Å². The molecular weight excluding hydrogens is 280 g/mol. The summed E-state index contributed by atoms with van der Waals surface area (Å²) in [5.41, 5.74) is 0. The Hall–Kier alpha value is -0.260. The Morgan fingerprint density at radius 3 is 3.00 bits per heavy atom. The predicted molar refractivity (Wildman–Crippen MR) is 64.8 cm³/mol. The number of aromatic nitrogens is 2. The lowest BCUT2D eigenvalue weighted by molar-refractivity contribution is 0.766. The second-order valence-electron chi connectivity index (χ2n) is 2.84. The quantitative estimate of drug-likeness (QED) is 0.804. The number of thioether (sulfide) groups is 1. The third-order valence-corrected chi connectivity index (χ3v) is 4.50. The summed E-state index contributed by atoms with van der Waals surface area (Å²) >= 11 is 7.05. The number of nitrogens with zero attached hydrogens (tertiary/aromatic N) is 2. The fourth-order valence-electron chi connectivity index (χ4n) is 1.06. The van der Waals surface area contributed by atoms with Crippen LogP contribution in [0.2, 0.25) is 0 Å². The van der Waals surface area contributed by atoms with Crippen LogP contribution in [0.4, 0.5) is 0 Å². The summed E-state index contributed by atoms with van der Waals surface area (Å²) in [6, 6.07) is 4.24. The Morgan fingerprint density at radius 2 is 2.43 bits per heavy atom. The average Bonchev–Trinajstić information content (AvgIpc) is 2.72. The number of hydrogen-bond acceptors (Lipinski definition) is 3. The van der Waals surface area contributed by atoms with Crippen LogP contribution in [-0.2, 0) is 12.8 Å². The van der Waals surface area contributed by atoms with Crippen molar-refractivity contribution in [3.05, 3.63) is 33.2 Å². The molecule has 2 aromatic heterocycles. The Kier molecular flexibility index (Phi) is 3.30. The van der Waals surface area contributed by atoms with Gasteiger partial charge < -0.3 is 0 Å². The van der Waals surface area contributed by atoms with Crippen molar-refractivity contribution in [1.82, 2.24) is 9.78 Å². The Morgan fingerprint density at radius 1 is 1.57 bits per heavy atom. The van der Waals surface area contributed by atoms with Gasteiger partial charge in [0, 0.05) is 28.8 Å². The van der Waals surface area contributed by atoms with E-state index in [1.54, 1.807) is 11.3 Å². The molecule has 0 aliphatic rings. The fourth-order valence-corrected chi connectivity index (χ4v) is 3.50. The van der Waals surface area contributed by atoms with Crippen LogP contribution in [0.1, 0.15) is 4.88 Å². The average molecular weight is 289 g/mol. The van der Waals surface area contributed by atoms with Crippen LogP contribution in [0.5, 0.6) is 0 Å². The SMILES string of the molecule is Cn1cc(SCc2ccc(Br)s2)cn1. The van der Waals surface area contributed by atoms with E-state index in [0.717, 1.165) is 5.75 Å². The zero-order valence-electron chi connectivity index (χ0n) is 7.61. The molecule has 0 aromatic carbocycles. The highest BCUT2D eigenvalue weighted by atomic mass is 79.9. The molecule has 2 aromatic rings. The van der Waals surface area contributed by atoms with E-state index in [-0.39, 0.29) is 0 Å². The van der Waals surface area contributed by atoms with Crippen molar-refractivity contribution in [1.29, 1.82) is 0 Å². The smallest absolute Gasteiger partial charge is 0.0701 e. The van der Waals surface area contributed by atoms with Gasteiger partial charge in [-0.25, -0.2) is 0 Å². The maximum atomic E-state index is 4.12. The fraction of sp³-hybridized carbons (Fsp3) is 0.222. The first-order chi connectivity index (χ1) is 6.74. The molecule has 0 amide bonds. The maximum Gasteiger partial charge on any atom is 0.0701 e. The van der Waals surface area contributed by atoms with Crippen molar-refractivity contribution in [3.8, 4) is 0 Å². The topological polar surface area (TPSA) is 17.8 Å². The second kappa shape index (κ2) is 4.51. The van der Waals surface area contributed by atoms with Gasteiger partial charge in [0.2, 0.25) is 0 Å². The third-order valence-electron chi connectivity index (χ3n) is 1.69. The second-order valence-corrected chi connectivity index (χ2v) is 6.44. The highest BCUT2D eigenvalue weighted by molar-refractivity contribution is 9.11. The first-order valence-electron chi connectivity index (χ1n) is 4.10. The molecule has 0 atom stereocenters. The van der Waals surface area contributed by atoms with E-state index >= 15 is 0 Å². The van der Waals surface area contributed by atoms with Crippen LogP contribution >= 0.6 is 39.0 Å². The monoisotopic (exact) mass is 288 g/mol. The van der Waals surface area contributed by atoms with Crippen molar-refractivity contribution >= 4 is 39.0 Å². The molecule has 0 saturated heterocycles. The Labute approximate surface area is 99.5 Å². The molecule has 0 unspecified atom stereocenters. The summed E-state index contributed by atoms with van der Waals surface area (Å²) < 4.78 is 3.02. The molecule has 14 heavy (non-hydrogen) atoms. The van der Waals surface area contributed by atoms with E-state index in [1.807, 2.05) is 35.9 Å². The molecule has 2 rings (SSSR count).